The summed E-state index contributed by atoms with van der Waals surface area (Å²) in [5.41, 5.74) is -0.541. The lowest BCUT2D eigenvalue weighted by atomic mass is 9.84. The number of rotatable bonds is 5. The molecule has 6 nitrogen and oxygen atoms in total. The minimum absolute atomic E-state index is 0.0175. The molecule has 0 aromatic heterocycles. The number of carboxylic acid groups (broad SMARTS) is 1. The van der Waals surface area contributed by atoms with E-state index in [0.717, 1.165) is 0 Å². The second kappa shape index (κ2) is 6.72. The van der Waals surface area contributed by atoms with Gasteiger partial charge in [0.1, 0.15) is 0 Å². The lowest BCUT2D eigenvalue weighted by molar-refractivity contribution is -0.141. The molecule has 114 valence electrons. The fourth-order valence-corrected chi connectivity index (χ4v) is 2.59. The molecule has 0 saturated carbocycles. The van der Waals surface area contributed by atoms with Gasteiger partial charge in [-0.05, 0) is 18.3 Å². The van der Waals surface area contributed by atoms with Gasteiger partial charge in [-0.15, -0.1) is 0 Å². The molecule has 2 amide bonds. The number of piperidine rings is 1. The summed E-state index contributed by atoms with van der Waals surface area (Å²) in [6.45, 7) is 4.72. The van der Waals surface area contributed by atoms with Gasteiger partial charge in [-0.25, -0.2) is 0 Å². The van der Waals surface area contributed by atoms with Gasteiger partial charge in [0.25, 0.3) is 0 Å². The molecule has 0 radical (unpaired) electrons. The zero-order valence-corrected chi connectivity index (χ0v) is 12.4. The van der Waals surface area contributed by atoms with E-state index >= 15 is 0 Å². The summed E-state index contributed by atoms with van der Waals surface area (Å²) in [7, 11) is 1.62. The van der Waals surface area contributed by atoms with Crippen LogP contribution in [0.2, 0.25) is 0 Å². The first kappa shape index (κ1) is 16.5. The maximum atomic E-state index is 12.2. The van der Waals surface area contributed by atoms with Crippen molar-refractivity contribution in [3.63, 3.8) is 0 Å². The highest BCUT2D eigenvalue weighted by Crippen LogP contribution is 2.27. The summed E-state index contributed by atoms with van der Waals surface area (Å²) in [5, 5.41) is 11.5. The molecule has 0 aromatic rings. The predicted molar refractivity (Wildman–Crippen MR) is 74.0 cm³/mol. The molecule has 1 rings (SSSR count). The molecule has 1 heterocycles. The number of hydrogen-bond acceptors (Lipinski definition) is 3. The van der Waals surface area contributed by atoms with Gasteiger partial charge < -0.3 is 15.3 Å². The number of aliphatic carboxylic acids is 1. The van der Waals surface area contributed by atoms with E-state index in [2.05, 4.69) is 5.32 Å². The SMILES string of the molecule is CNC(=O)C1CCN(C(=O)CC(C)(C)CC(=O)O)CC1. The number of nitrogens with zero attached hydrogens (tertiary/aromatic N) is 1. The van der Waals surface area contributed by atoms with Crippen molar-refractivity contribution in [3.8, 4) is 0 Å². The van der Waals surface area contributed by atoms with Crippen LogP contribution in [0, 0.1) is 11.3 Å². The Morgan fingerprint density at radius 3 is 2.20 bits per heavy atom. The Morgan fingerprint density at radius 1 is 1.20 bits per heavy atom. The summed E-state index contributed by atoms with van der Waals surface area (Å²) in [6, 6.07) is 0. The number of carbonyl (C=O) groups is 3. The van der Waals surface area contributed by atoms with Crippen molar-refractivity contribution in [2.45, 2.75) is 39.5 Å². The Bertz CT molecular complexity index is 385. The van der Waals surface area contributed by atoms with Gasteiger partial charge in [0.2, 0.25) is 11.8 Å². The first-order valence-electron chi connectivity index (χ1n) is 6.96. The van der Waals surface area contributed by atoms with Crippen molar-refractivity contribution in [1.29, 1.82) is 0 Å². The van der Waals surface area contributed by atoms with E-state index in [1.165, 1.54) is 0 Å². The number of hydrogen-bond donors (Lipinski definition) is 2. The number of carboxylic acids is 1. The number of carbonyl (C=O) groups excluding carboxylic acids is 2. The van der Waals surface area contributed by atoms with Crippen LogP contribution < -0.4 is 5.32 Å². The third kappa shape index (κ3) is 4.83. The Morgan fingerprint density at radius 2 is 1.75 bits per heavy atom. The summed E-state index contributed by atoms with van der Waals surface area (Å²) in [5.74, 6) is -0.896. The predicted octanol–water partition coefficient (Wildman–Crippen LogP) is 0.862. The molecule has 0 aromatic carbocycles. The van der Waals surface area contributed by atoms with Gasteiger partial charge in [0.15, 0.2) is 0 Å². The zero-order valence-electron chi connectivity index (χ0n) is 12.4. The Labute approximate surface area is 119 Å². The van der Waals surface area contributed by atoms with Gasteiger partial charge >= 0.3 is 5.97 Å². The zero-order chi connectivity index (χ0) is 15.3. The maximum absolute atomic E-state index is 12.2. The van der Waals surface area contributed by atoms with Crippen LogP contribution in [0.3, 0.4) is 0 Å². The third-order valence-corrected chi connectivity index (χ3v) is 3.72. The van der Waals surface area contributed by atoms with Gasteiger partial charge in [-0.1, -0.05) is 13.8 Å². The van der Waals surface area contributed by atoms with Crippen molar-refractivity contribution in [2.75, 3.05) is 20.1 Å². The summed E-state index contributed by atoms with van der Waals surface area (Å²) in [6.07, 6.45) is 1.55. The fraction of sp³-hybridized carbons (Fsp3) is 0.786. The van der Waals surface area contributed by atoms with Crippen LogP contribution in [-0.2, 0) is 14.4 Å². The molecular formula is C14H24N2O4. The monoisotopic (exact) mass is 284 g/mol. The molecule has 6 heteroatoms. The number of nitrogens with one attached hydrogen (secondary N) is 1. The highest BCUT2D eigenvalue weighted by atomic mass is 16.4. The highest BCUT2D eigenvalue weighted by molar-refractivity contribution is 5.80. The summed E-state index contributed by atoms with van der Waals surface area (Å²) >= 11 is 0. The third-order valence-electron chi connectivity index (χ3n) is 3.72. The van der Waals surface area contributed by atoms with Crippen molar-refractivity contribution in [3.05, 3.63) is 0 Å². The van der Waals surface area contributed by atoms with Gasteiger partial charge in [0, 0.05) is 32.5 Å². The Balaban J connectivity index is 2.47. The lowest BCUT2D eigenvalue weighted by Gasteiger charge is -2.33. The topological polar surface area (TPSA) is 86.7 Å². The molecule has 2 N–H and O–H groups in total. The van der Waals surface area contributed by atoms with E-state index in [1.807, 2.05) is 0 Å². The molecule has 0 spiro atoms. The molecule has 0 atom stereocenters. The largest absolute Gasteiger partial charge is 0.481 e. The van der Waals surface area contributed by atoms with Crippen LogP contribution in [-0.4, -0.2) is 47.9 Å². The minimum Gasteiger partial charge on any atom is -0.481 e. The molecule has 1 saturated heterocycles. The second-order valence-corrected chi connectivity index (χ2v) is 6.18. The van der Waals surface area contributed by atoms with E-state index < -0.39 is 11.4 Å². The number of likely N-dealkylation sites (tertiary alicyclic amines) is 1. The van der Waals surface area contributed by atoms with Crippen LogP contribution in [0.15, 0.2) is 0 Å². The summed E-state index contributed by atoms with van der Waals surface area (Å²) < 4.78 is 0. The van der Waals surface area contributed by atoms with E-state index in [0.29, 0.717) is 25.9 Å². The first-order valence-corrected chi connectivity index (χ1v) is 6.96. The van der Waals surface area contributed by atoms with Crippen molar-refractivity contribution < 1.29 is 19.5 Å². The van der Waals surface area contributed by atoms with E-state index in [1.54, 1.807) is 25.8 Å². The fourth-order valence-electron chi connectivity index (χ4n) is 2.59. The molecule has 0 aliphatic carbocycles. The molecule has 1 aliphatic rings. The normalized spacial score (nSPS) is 16.9. The van der Waals surface area contributed by atoms with Gasteiger partial charge in [0.05, 0.1) is 6.42 Å². The van der Waals surface area contributed by atoms with E-state index in [4.69, 9.17) is 5.11 Å². The lowest BCUT2D eigenvalue weighted by Crippen LogP contribution is -2.43. The Hall–Kier alpha value is -1.59. The molecule has 1 fully saturated rings. The van der Waals surface area contributed by atoms with Crippen LogP contribution >= 0.6 is 0 Å². The number of amides is 2. The van der Waals surface area contributed by atoms with Crippen LogP contribution in [0.25, 0.3) is 0 Å². The highest BCUT2D eigenvalue weighted by Gasteiger charge is 2.31. The second-order valence-electron chi connectivity index (χ2n) is 6.18. The first-order chi connectivity index (χ1) is 9.25. The van der Waals surface area contributed by atoms with Crippen molar-refractivity contribution >= 4 is 17.8 Å². The standard InChI is InChI=1S/C14H24N2O4/c1-14(2,9-12(18)19)8-11(17)16-6-4-10(5-7-16)13(20)15-3/h10H,4-9H2,1-3H3,(H,15,20)(H,18,19). The Kier molecular flexibility index (Phi) is 5.53. The maximum Gasteiger partial charge on any atom is 0.303 e. The smallest absolute Gasteiger partial charge is 0.303 e. The molecule has 1 aliphatic heterocycles. The van der Waals surface area contributed by atoms with Crippen LogP contribution in [0.4, 0.5) is 0 Å². The van der Waals surface area contributed by atoms with Crippen LogP contribution in [0.1, 0.15) is 39.5 Å². The van der Waals surface area contributed by atoms with Crippen molar-refractivity contribution in [1.82, 2.24) is 10.2 Å². The van der Waals surface area contributed by atoms with Crippen LogP contribution in [0.5, 0.6) is 0 Å². The molecule has 20 heavy (non-hydrogen) atoms. The van der Waals surface area contributed by atoms with E-state index in [-0.39, 0.29) is 30.6 Å². The van der Waals surface area contributed by atoms with Gasteiger partial charge in [-0.3, -0.25) is 14.4 Å². The average Bonchev–Trinajstić information content (AvgIpc) is 2.35. The molecule has 0 unspecified atom stereocenters. The van der Waals surface area contributed by atoms with Crippen molar-refractivity contribution in [2.24, 2.45) is 11.3 Å². The molecular weight excluding hydrogens is 260 g/mol. The minimum atomic E-state index is -0.888. The quantitative estimate of drug-likeness (QED) is 0.784. The van der Waals surface area contributed by atoms with E-state index in [9.17, 15) is 14.4 Å². The van der Waals surface area contributed by atoms with Gasteiger partial charge in [-0.2, -0.15) is 0 Å². The summed E-state index contributed by atoms with van der Waals surface area (Å²) in [4.78, 5) is 36.2. The average molecular weight is 284 g/mol. The molecule has 0 bridgehead atoms.